The Morgan fingerprint density at radius 2 is 2.19 bits per heavy atom. The summed E-state index contributed by atoms with van der Waals surface area (Å²) in [4.78, 5) is 23.0. The minimum atomic E-state index is -1.38. The van der Waals surface area contributed by atoms with Gasteiger partial charge in [0.25, 0.3) is 5.56 Å². The summed E-state index contributed by atoms with van der Waals surface area (Å²) in [6.07, 6.45) is 0. The van der Waals surface area contributed by atoms with E-state index in [1.165, 1.54) is 24.7 Å². The molecule has 0 aromatic carbocycles. The third-order valence-electron chi connectivity index (χ3n) is 2.53. The van der Waals surface area contributed by atoms with Gasteiger partial charge in [0.05, 0.1) is 6.61 Å². The van der Waals surface area contributed by atoms with Crippen LogP contribution in [0.25, 0.3) is 0 Å². The summed E-state index contributed by atoms with van der Waals surface area (Å²) >= 11 is 0. The Morgan fingerprint density at radius 3 is 2.62 bits per heavy atom. The highest BCUT2D eigenvalue weighted by Gasteiger charge is 2.36. The van der Waals surface area contributed by atoms with Gasteiger partial charge >= 0.3 is 5.97 Å². The molecular weight excluding hydrogens is 210 g/mol. The van der Waals surface area contributed by atoms with Crippen molar-refractivity contribution >= 4 is 5.97 Å². The fourth-order valence-corrected chi connectivity index (χ4v) is 1.73. The molecule has 1 heterocycles. The third kappa shape index (κ3) is 1.99. The van der Waals surface area contributed by atoms with E-state index in [-0.39, 0.29) is 12.2 Å². The van der Waals surface area contributed by atoms with Crippen molar-refractivity contribution in [2.24, 2.45) is 0 Å². The van der Waals surface area contributed by atoms with Gasteiger partial charge in [0, 0.05) is 18.9 Å². The van der Waals surface area contributed by atoms with Crippen LogP contribution in [0.4, 0.5) is 0 Å². The second kappa shape index (κ2) is 4.49. The smallest absolute Gasteiger partial charge is 0.332 e. The highest BCUT2D eigenvalue weighted by atomic mass is 16.5. The van der Waals surface area contributed by atoms with E-state index in [2.05, 4.69) is 0 Å². The lowest BCUT2D eigenvalue weighted by Gasteiger charge is -2.28. The van der Waals surface area contributed by atoms with E-state index in [4.69, 9.17) is 4.74 Å². The first-order chi connectivity index (χ1) is 7.43. The maximum atomic E-state index is 11.7. The Labute approximate surface area is 93.3 Å². The van der Waals surface area contributed by atoms with Gasteiger partial charge in [0.2, 0.25) is 0 Å². The maximum absolute atomic E-state index is 11.7. The van der Waals surface area contributed by atoms with Crippen molar-refractivity contribution in [1.82, 2.24) is 4.57 Å². The summed E-state index contributed by atoms with van der Waals surface area (Å²) in [5.41, 5.74) is -1.13. The number of pyridine rings is 1. The Kier molecular flexibility index (Phi) is 3.49. The highest BCUT2D eigenvalue weighted by Crippen LogP contribution is 2.16. The molecule has 0 saturated carbocycles. The van der Waals surface area contributed by atoms with E-state index in [1.807, 2.05) is 0 Å². The molecule has 0 aliphatic rings. The topological polar surface area (TPSA) is 68.5 Å². The molecule has 0 bridgehead atoms. The van der Waals surface area contributed by atoms with E-state index in [0.29, 0.717) is 5.69 Å². The highest BCUT2D eigenvalue weighted by molar-refractivity contribution is 5.76. The van der Waals surface area contributed by atoms with Crippen LogP contribution in [0.5, 0.6) is 0 Å². The number of carbonyl (C=O) groups is 1. The molecule has 0 aliphatic carbocycles. The lowest BCUT2D eigenvalue weighted by molar-refractivity contribution is -0.149. The number of rotatable bonds is 4. The predicted molar refractivity (Wildman–Crippen MR) is 58.6 cm³/mol. The molecular formula is C11H15NO4. The number of carboxylic acid groups (broad SMARTS) is 1. The van der Waals surface area contributed by atoms with Crippen LogP contribution in [0.3, 0.4) is 0 Å². The Balaban J connectivity index is 3.43. The van der Waals surface area contributed by atoms with Crippen LogP contribution in [0.2, 0.25) is 0 Å². The molecule has 1 atom stereocenters. The number of ether oxygens (including phenoxy) is 1. The number of nitrogens with zero attached hydrogens (tertiary/aromatic N) is 1. The van der Waals surface area contributed by atoms with Gasteiger partial charge in [-0.05, 0) is 19.9 Å². The van der Waals surface area contributed by atoms with Gasteiger partial charge in [-0.25, -0.2) is 4.79 Å². The second-order valence-corrected chi connectivity index (χ2v) is 3.85. The van der Waals surface area contributed by atoms with E-state index in [9.17, 15) is 14.7 Å². The summed E-state index contributed by atoms with van der Waals surface area (Å²) in [6.45, 7) is 3.10. The zero-order chi connectivity index (χ0) is 12.3. The number of aliphatic carboxylic acids is 1. The van der Waals surface area contributed by atoms with Gasteiger partial charge in [-0.3, -0.25) is 9.36 Å². The normalized spacial score (nSPS) is 14.4. The molecule has 16 heavy (non-hydrogen) atoms. The van der Waals surface area contributed by atoms with Crippen LogP contribution in [0.15, 0.2) is 23.0 Å². The fourth-order valence-electron chi connectivity index (χ4n) is 1.73. The van der Waals surface area contributed by atoms with Crippen molar-refractivity contribution in [3.05, 3.63) is 34.2 Å². The van der Waals surface area contributed by atoms with Gasteiger partial charge < -0.3 is 9.84 Å². The molecule has 0 spiro atoms. The molecule has 5 nitrogen and oxygen atoms in total. The van der Waals surface area contributed by atoms with Crippen molar-refractivity contribution in [3.8, 4) is 0 Å². The summed E-state index contributed by atoms with van der Waals surface area (Å²) in [7, 11) is 1.41. The zero-order valence-corrected chi connectivity index (χ0v) is 9.56. The van der Waals surface area contributed by atoms with Crippen LogP contribution in [0, 0.1) is 6.92 Å². The number of aryl methyl sites for hydroxylation is 1. The monoisotopic (exact) mass is 225 g/mol. The summed E-state index contributed by atoms with van der Waals surface area (Å²) in [5, 5.41) is 9.23. The van der Waals surface area contributed by atoms with Crippen LogP contribution in [-0.2, 0) is 15.1 Å². The SMILES string of the molecule is COCC(C)(C(=O)O)n1c(C)cccc1=O. The largest absolute Gasteiger partial charge is 0.479 e. The van der Waals surface area contributed by atoms with Crippen molar-refractivity contribution in [3.63, 3.8) is 0 Å². The molecule has 0 radical (unpaired) electrons. The molecule has 1 rings (SSSR count). The Morgan fingerprint density at radius 1 is 1.56 bits per heavy atom. The third-order valence-corrected chi connectivity index (χ3v) is 2.53. The van der Waals surface area contributed by atoms with Crippen LogP contribution in [-0.4, -0.2) is 29.4 Å². The van der Waals surface area contributed by atoms with Crippen molar-refractivity contribution in [2.75, 3.05) is 13.7 Å². The number of methoxy groups -OCH3 is 1. The molecule has 5 heteroatoms. The minimum Gasteiger partial charge on any atom is -0.479 e. The van der Waals surface area contributed by atoms with E-state index in [1.54, 1.807) is 19.1 Å². The molecule has 1 aromatic heterocycles. The van der Waals surface area contributed by atoms with Gasteiger partial charge in [0.15, 0.2) is 5.54 Å². The van der Waals surface area contributed by atoms with Gasteiger partial charge in [-0.2, -0.15) is 0 Å². The summed E-state index contributed by atoms with van der Waals surface area (Å²) in [5.74, 6) is -1.09. The van der Waals surface area contributed by atoms with Crippen LogP contribution < -0.4 is 5.56 Å². The van der Waals surface area contributed by atoms with Gasteiger partial charge in [-0.15, -0.1) is 0 Å². The van der Waals surface area contributed by atoms with Crippen LogP contribution in [0.1, 0.15) is 12.6 Å². The van der Waals surface area contributed by atoms with E-state index < -0.39 is 11.5 Å². The number of hydrogen-bond acceptors (Lipinski definition) is 3. The summed E-state index contributed by atoms with van der Waals surface area (Å²) in [6, 6.07) is 4.63. The lowest BCUT2D eigenvalue weighted by atomic mass is 10.0. The quantitative estimate of drug-likeness (QED) is 0.814. The number of aromatic nitrogens is 1. The first kappa shape index (κ1) is 12.4. The Hall–Kier alpha value is -1.62. The molecule has 1 unspecified atom stereocenters. The molecule has 0 saturated heterocycles. The summed E-state index contributed by atoms with van der Waals surface area (Å²) < 4.78 is 6.13. The average molecular weight is 225 g/mol. The first-order valence-electron chi connectivity index (χ1n) is 4.85. The molecule has 0 aliphatic heterocycles. The average Bonchev–Trinajstić information content (AvgIpc) is 2.17. The molecule has 1 aromatic rings. The van der Waals surface area contributed by atoms with E-state index >= 15 is 0 Å². The fraction of sp³-hybridized carbons (Fsp3) is 0.455. The predicted octanol–water partition coefficient (Wildman–Crippen LogP) is 0.603. The first-order valence-corrected chi connectivity index (χ1v) is 4.85. The zero-order valence-electron chi connectivity index (χ0n) is 9.56. The minimum absolute atomic E-state index is 0.0624. The second-order valence-electron chi connectivity index (χ2n) is 3.85. The number of carboxylic acids is 1. The standard InChI is InChI=1S/C11H15NO4/c1-8-5-4-6-9(13)12(8)11(2,7-16-3)10(14)15/h4-6H,7H2,1-3H3,(H,14,15). The Bertz CT molecular complexity index is 452. The molecule has 1 N–H and O–H groups in total. The molecule has 88 valence electrons. The molecule has 0 fully saturated rings. The van der Waals surface area contributed by atoms with Crippen molar-refractivity contribution in [1.29, 1.82) is 0 Å². The van der Waals surface area contributed by atoms with Crippen molar-refractivity contribution < 1.29 is 14.6 Å². The van der Waals surface area contributed by atoms with Crippen LogP contribution >= 0.6 is 0 Å². The lowest BCUT2D eigenvalue weighted by Crippen LogP contribution is -2.49. The van der Waals surface area contributed by atoms with Crippen molar-refractivity contribution in [2.45, 2.75) is 19.4 Å². The van der Waals surface area contributed by atoms with Gasteiger partial charge in [-0.1, -0.05) is 6.07 Å². The van der Waals surface area contributed by atoms with E-state index in [0.717, 1.165) is 0 Å². The maximum Gasteiger partial charge on any atom is 0.332 e. The van der Waals surface area contributed by atoms with Gasteiger partial charge in [0.1, 0.15) is 0 Å². The molecule has 0 amide bonds. The number of hydrogen-bond donors (Lipinski definition) is 1.